The van der Waals surface area contributed by atoms with Gasteiger partial charge in [-0.1, -0.05) is 306 Å². The van der Waals surface area contributed by atoms with Crippen LogP contribution in [0.15, 0.2) is 291 Å². The van der Waals surface area contributed by atoms with E-state index in [1.165, 1.54) is 149 Å². The standard InChI is InChI=1S/C110H103BN4/c1-104(2,3)78-39-28-70(29-40-78)77-36-50-93-99(60-77)112(81-43-30-71(31-44-81)75-34-48-89-91(58-75)109(14,15)66-107(89,10)11)101-64-84(115-97-54-41-79(105(4,5)6)61-87(97)88-62-80(106(7,8)9)42-55-98(88)115)65-102-103(101)111(93)94-51-47-83(63-100(94)113(102)82-45-32-72(33-46-82)76-35-49-90-92(59-76)110(16,17)67-108(90,12)13)114-95-52-37-73(68-24-20-18-21-25-68)56-85(95)86-57-74(38-53-96(86)114)69-26-22-19-23-27-69/h18-65H,66-67H2,1-17H3. The molecule has 0 saturated carbocycles. The molecule has 0 atom stereocenters. The van der Waals surface area contributed by atoms with Crippen molar-refractivity contribution in [2.75, 3.05) is 9.80 Å². The van der Waals surface area contributed by atoms with Crippen molar-refractivity contribution in [2.45, 2.75) is 168 Å². The van der Waals surface area contributed by atoms with Crippen LogP contribution in [0.1, 0.15) is 169 Å². The normalized spacial score (nSPS) is 15.7. The van der Waals surface area contributed by atoms with E-state index in [2.05, 4.69) is 428 Å². The van der Waals surface area contributed by atoms with Crippen molar-refractivity contribution in [3.05, 3.63) is 330 Å². The Balaban J connectivity index is 0.878. The first kappa shape index (κ1) is 72.3. The number of rotatable bonds is 9. The summed E-state index contributed by atoms with van der Waals surface area (Å²) in [5, 5.41) is 4.95. The lowest BCUT2D eigenvalue weighted by Crippen LogP contribution is -2.61. The lowest BCUT2D eigenvalue weighted by atomic mass is 9.33. The molecule has 0 bridgehead atoms. The average Bonchev–Trinajstić information content (AvgIpc) is 1.23. The average molecular weight is 1490 g/mol. The van der Waals surface area contributed by atoms with Crippen molar-refractivity contribution in [3.63, 3.8) is 0 Å². The molecule has 5 heteroatoms. The van der Waals surface area contributed by atoms with Crippen LogP contribution in [0, 0.1) is 0 Å². The van der Waals surface area contributed by atoms with Gasteiger partial charge in [-0.3, -0.25) is 0 Å². The molecule has 14 aromatic carbocycles. The number of nitrogens with zero attached hydrogens (tertiary/aromatic N) is 4. The zero-order valence-corrected chi connectivity index (χ0v) is 70.0. The largest absolute Gasteiger partial charge is 0.311 e. The molecule has 4 nitrogen and oxygen atoms in total. The minimum absolute atomic E-state index is 0.00366. The molecule has 115 heavy (non-hydrogen) atoms. The van der Waals surface area contributed by atoms with Gasteiger partial charge in [-0.05, 0) is 265 Å². The quantitative estimate of drug-likeness (QED) is 0.134. The van der Waals surface area contributed by atoms with Crippen LogP contribution in [0.2, 0.25) is 0 Å². The van der Waals surface area contributed by atoms with E-state index in [0.717, 1.165) is 63.7 Å². The fraction of sp³-hybridized carbons (Fsp3) is 0.236. The zero-order chi connectivity index (χ0) is 79.5. The second-order valence-corrected chi connectivity index (χ2v) is 39.7. The fourth-order valence-corrected chi connectivity index (χ4v) is 21.2. The molecule has 0 spiro atoms. The molecular weight excluding hydrogens is 1390 g/mol. The predicted molar refractivity (Wildman–Crippen MR) is 494 cm³/mol. The molecule has 4 heterocycles. The summed E-state index contributed by atoms with van der Waals surface area (Å²) in [5.74, 6) is 0. The first-order valence-corrected chi connectivity index (χ1v) is 41.8. The van der Waals surface area contributed by atoms with Crippen molar-refractivity contribution in [1.29, 1.82) is 0 Å². The highest BCUT2D eigenvalue weighted by molar-refractivity contribution is 7.00. The van der Waals surface area contributed by atoms with Crippen molar-refractivity contribution in [3.8, 4) is 67.0 Å². The SMILES string of the molecule is CC(C)(C)c1ccc(-c2ccc3c(c2)N(c2ccc(-c4ccc5c(c4)C(C)(C)CC5(C)C)cc2)c2cc(-n4c5ccc(C(C)(C)C)cc5c5cc(C(C)(C)C)ccc54)cc4c2B3c2ccc(-n3c5ccc(-c6ccccc6)cc5c5cc(-c6ccccc6)ccc53)cc2N4c2ccc(-c3ccc4c(c3)C(C)(C)CC4(C)C)cc2)cc1. The Hall–Kier alpha value is -11.7. The van der Waals surface area contributed by atoms with Crippen molar-refractivity contribution >= 4 is 101 Å². The Kier molecular flexibility index (Phi) is 16.0. The summed E-state index contributed by atoms with van der Waals surface area (Å²) in [6.45, 7) is 40.2. The van der Waals surface area contributed by atoms with Gasteiger partial charge in [0, 0.05) is 61.4 Å². The summed E-state index contributed by atoms with van der Waals surface area (Å²) in [6, 6.07) is 114. The number of anilines is 6. The van der Waals surface area contributed by atoms with Gasteiger partial charge in [0.1, 0.15) is 0 Å². The Morgan fingerprint density at radius 2 is 0.548 bits per heavy atom. The summed E-state index contributed by atoms with van der Waals surface area (Å²) >= 11 is 0. The van der Waals surface area contributed by atoms with E-state index in [9.17, 15) is 0 Å². The van der Waals surface area contributed by atoms with Gasteiger partial charge in [0.15, 0.2) is 0 Å². The number of hydrogen-bond donors (Lipinski definition) is 0. The third-order valence-electron chi connectivity index (χ3n) is 26.8. The summed E-state index contributed by atoms with van der Waals surface area (Å²) in [6.07, 6.45) is 2.24. The van der Waals surface area contributed by atoms with Crippen molar-refractivity contribution < 1.29 is 0 Å². The van der Waals surface area contributed by atoms with Gasteiger partial charge in [-0.15, -0.1) is 0 Å². The molecular formula is C110H103BN4. The van der Waals surface area contributed by atoms with E-state index in [4.69, 9.17) is 0 Å². The maximum Gasteiger partial charge on any atom is 0.252 e. The second kappa shape index (κ2) is 25.4. The third kappa shape index (κ3) is 11.7. The molecule has 2 aliphatic heterocycles. The summed E-state index contributed by atoms with van der Waals surface area (Å²) in [7, 11) is 0. The van der Waals surface area contributed by atoms with Crippen LogP contribution in [-0.2, 0) is 37.9 Å². The smallest absolute Gasteiger partial charge is 0.252 e. The lowest BCUT2D eigenvalue weighted by Gasteiger charge is -2.44. The first-order chi connectivity index (χ1) is 54.8. The lowest BCUT2D eigenvalue weighted by molar-refractivity contribution is 0.402. The Labute approximate surface area is 680 Å². The van der Waals surface area contributed by atoms with Crippen LogP contribution in [0.25, 0.3) is 111 Å². The maximum absolute atomic E-state index is 2.65. The van der Waals surface area contributed by atoms with Crippen LogP contribution in [0.5, 0.6) is 0 Å². The molecule has 0 N–H and O–H groups in total. The molecule has 2 aliphatic carbocycles. The maximum atomic E-state index is 2.65. The number of aromatic nitrogens is 2. The second-order valence-electron chi connectivity index (χ2n) is 39.7. The molecule has 0 unspecified atom stereocenters. The molecule has 4 aliphatic rings. The fourth-order valence-electron chi connectivity index (χ4n) is 21.2. The van der Waals surface area contributed by atoms with E-state index < -0.39 is 0 Å². The topological polar surface area (TPSA) is 16.3 Å². The van der Waals surface area contributed by atoms with E-state index >= 15 is 0 Å². The van der Waals surface area contributed by atoms with Gasteiger partial charge in [0.05, 0.1) is 27.8 Å². The van der Waals surface area contributed by atoms with E-state index in [1.54, 1.807) is 0 Å². The monoisotopic (exact) mass is 1490 g/mol. The van der Waals surface area contributed by atoms with Crippen LogP contribution >= 0.6 is 0 Å². The summed E-state index contributed by atoms with van der Waals surface area (Å²) < 4.78 is 5.15. The van der Waals surface area contributed by atoms with E-state index in [-0.39, 0.29) is 44.6 Å². The molecule has 566 valence electrons. The molecule has 0 saturated heterocycles. The highest BCUT2D eigenvalue weighted by Crippen LogP contribution is 2.54. The highest BCUT2D eigenvalue weighted by atomic mass is 15.2. The minimum atomic E-state index is -0.193. The van der Waals surface area contributed by atoms with E-state index in [1.807, 2.05) is 0 Å². The number of fused-ring (bicyclic) bond motifs is 12. The molecule has 0 radical (unpaired) electrons. The highest BCUT2D eigenvalue weighted by Gasteiger charge is 2.47. The molecule has 20 rings (SSSR count). The van der Waals surface area contributed by atoms with Crippen LogP contribution in [-0.4, -0.2) is 15.8 Å². The van der Waals surface area contributed by atoms with Crippen molar-refractivity contribution in [2.24, 2.45) is 0 Å². The molecule has 0 amide bonds. The molecule has 16 aromatic rings. The Morgan fingerprint density at radius 1 is 0.243 bits per heavy atom. The van der Waals surface area contributed by atoms with Crippen LogP contribution < -0.4 is 26.2 Å². The summed E-state index contributed by atoms with van der Waals surface area (Å²) in [5.41, 5.74) is 39.5. The van der Waals surface area contributed by atoms with Gasteiger partial charge in [-0.2, -0.15) is 0 Å². The van der Waals surface area contributed by atoms with Gasteiger partial charge in [0.25, 0.3) is 6.71 Å². The molecule has 0 fully saturated rings. The minimum Gasteiger partial charge on any atom is -0.311 e. The Morgan fingerprint density at radius 3 is 0.983 bits per heavy atom. The first-order valence-electron chi connectivity index (χ1n) is 41.8. The van der Waals surface area contributed by atoms with Crippen LogP contribution in [0.4, 0.5) is 34.1 Å². The van der Waals surface area contributed by atoms with E-state index in [0.29, 0.717) is 0 Å². The zero-order valence-electron chi connectivity index (χ0n) is 70.0. The van der Waals surface area contributed by atoms with Gasteiger partial charge in [0.2, 0.25) is 0 Å². The van der Waals surface area contributed by atoms with Crippen molar-refractivity contribution in [1.82, 2.24) is 9.13 Å². The summed E-state index contributed by atoms with van der Waals surface area (Å²) in [4.78, 5) is 5.30. The van der Waals surface area contributed by atoms with Gasteiger partial charge < -0.3 is 18.9 Å². The predicted octanol–water partition coefficient (Wildman–Crippen LogP) is 28.1. The van der Waals surface area contributed by atoms with Gasteiger partial charge in [-0.25, -0.2) is 0 Å². The number of benzene rings is 14. The van der Waals surface area contributed by atoms with Crippen LogP contribution in [0.3, 0.4) is 0 Å². The number of hydrogen-bond acceptors (Lipinski definition) is 2. The Bertz CT molecular complexity index is 6510. The third-order valence-corrected chi connectivity index (χ3v) is 26.8. The molecule has 2 aromatic heterocycles. The van der Waals surface area contributed by atoms with Gasteiger partial charge >= 0.3 is 0 Å².